The minimum atomic E-state index is -4.47. The largest absolute Gasteiger partial charge is 0.416 e. The lowest BCUT2D eigenvalue weighted by molar-refractivity contribution is -0.138. The van der Waals surface area contributed by atoms with E-state index in [2.05, 4.69) is 20.6 Å². The van der Waals surface area contributed by atoms with Gasteiger partial charge in [-0.2, -0.15) is 30.7 Å². The van der Waals surface area contributed by atoms with Gasteiger partial charge in [-0.05, 0) is 60.2 Å². The number of halogens is 7. The molecule has 1 aromatic heterocycles. The third-order valence-corrected chi connectivity index (χ3v) is 9.16. The highest BCUT2D eigenvalue weighted by molar-refractivity contribution is 5.81. The fourth-order valence-electron chi connectivity index (χ4n) is 6.46. The van der Waals surface area contributed by atoms with Gasteiger partial charge in [0.05, 0.1) is 17.2 Å². The minimum absolute atomic E-state index is 0.0192. The summed E-state index contributed by atoms with van der Waals surface area (Å²) in [5, 5.41) is 17.4. The van der Waals surface area contributed by atoms with Crippen LogP contribution < -0.4 is 21.3 Å². The summed E-state index contributed by atoms with van der Waals surface area (Å²) in [7, 11) is 0. The molecule has 2 unspecified atom stereocenters. The lowest BCUT2D eigenvalue weighted by atomic mass is 9.88. The van der Waals surface area contributed by atoms with Gasteiger partial charge in [-0.1, -0.05) is 52.0 Å². The Hall–Kier alpha value is -4.02. The van der Waals surface area contributed by atoms with Crippen molar-refractivity contribution >= 4 is 17.5 Å². The van der Waals surface area contributed by atoms with Crippen molar-refractivity contribution in [2.75, 3.05) is 36.4 Å². The predicted molar refractivity (Wildman–Crippen MR) is 183 cm³/mol. The minimum Gasteiger partial charge on any atom is -0.391 e. The molecule has 2 heterocycles. The van der Waals surface area contributed by atoms with Crippen LogP contribution in [0.2, 0.25) is 0 Å². The van der Waals surface area contributed by atoms with Gasteiger partial charge in [-0.25, -0.2) is 9.97 Å². The first-order chi connectivity index (χ1) is 24.3. The van der Waals surface area contributed by atoms with E-state index >= 15 is 4.39 Å². The fraction of sp³-hybridized carbons (Fsp3) is 0.528. The van der Waals surface area contributed by atoms with Gasteiger partial charge in [-0.15, -0.1) is 0 Å². The van der Waals surface area contributed by atoms with Crippen LogP contribution in [0.25, 0.3) is 0 Å². The maximum Gasteiger partial charge on any atom is 0.416 e. The molecule has 1 saturated heterocycles. The summed E-state index contributed by atoms with van der Waals surface area (Å²) in [5.41, 5.74) is 5.47. The van der Waals surface area contributed by atoms with E-state index in [-0.39, 0.29) is 55.6 Å². The molecular weight excluding hydrogens is 695 g/mol. The van der Waals surface area contributed by atoms with Crippen LogP contribution in [0.4, 0.5) is 42.4 Å². The lowest BCUT2D eigenvalue weighted by Gasteiger charge is -2.43. The second-order valence-corrected chi connectivity index (χ2v) is 14.0. The number of hydrogen-bond acceptors (Lipinski definition) is 8. The summed E-state index contributed by atoms with van der Waals surface area (Å²) in [5.74, 6) is -1.85. The van der Waals surface area contributed by atoms with Gasteiger partial charge in [0, 0.05) is 44.7 Å². The quantitative estimate of drug-likeness (QED) is 0.139. The number of hydrogen-bond donors (Lipinski definition) is 4. The summed E-state index contributed by atoms with van der Waals surface area (Å²) in [6.45, 7) is 8.92. The second kappa shape index (κ2) is 17.2. The molecule has 0 saturated carbocycles. The van der Waals surface area contributed by atoms with Crippen LogP contribution in [0.5, 0.6) is 0 Å². The monoisotopic (exact) mass is 741 g/mol. The zero-order valence-electron chi connectivity index (χ0n) is 29.5. The Bertz CT molecular complexity index is 1600. The first-order valence-electron chi connectivity index (χ1n) is 17.1. The highest BCUT2D eigenvalue weighted by Gasteiger charge is 2.39. The van der Waals surface area contributed by atoms with E-state index in [9.17, 15) is 36.2 Å². The van der Waals surface area contributed by atoms with Crippen LogP contribution in [0.3, 0.4) is 0 Å². The fourth-order valence-corrected chi connectivity index (χ4v) is 6.46. The molecule has 0 radical (unpaired) electrons. The van der Waals surface area contributed by atoms with E-state index < -0.39 is 53.4 Å². The van der Waals surface area contributed by atoms with Crippen LogP contribution in [0.1, 0.15) is 56.4 Å². The summed E-state index contributed by atoms with van der Waals surface area (Å²) in [6.07, 6.45) is -8.23. The molecule has 0 bridgehead atoms. The smallest absolute Gasteiger partial charge is 0.391 e. The number of piperidine rings is 1. The van der Waals surface area contributed by atoms with Gasteiger partial charge in [0.1, 0.15) is 12.4 Å². The number of rotatable bonds is 15. The number of anilines is 2. The van der Waals surface area contributed by atoms with Crippen LogP contribution in [0.15, 0.2) is 54.9 Å². The molecule has 2 aromatic carbocycles. The molecule has 0 aliphatic carbocycles. The maximum absolute atomic E-state index is 15.9. The van der Waals surface area contributed by atoms with Gasteiger partial charge < -0.3 is 26.4 Å². The van der Waals surface area contributed by atoms with Crippen molar-refractivity contribution in [3.63, 3.8) is 0 Å². The molecule has 1 fully saturated rings. The molecule has 16 heteroatoms. The number of aromatic nitrogens is 2. The van der Waals surface area contributed by atoms with Crippen molar-refractivity contribution in [2.45, 2.75) is 77.7 Å². The number of nitrogens with zero attached hydrogens (tertiary/aromatic N) is 4. The third kappa shape index (κ3) is 10.8. The van der Waals surface area contributed by atoms with Gasteiger partial charge in [-0.3, -0.25) is 9.69 Å². The summed E-state index contributed by atoms with van der Waals surface area (Å²) < 4.78 is 94.0. The number of nitrogens with one attached hydrogen (secondary N) is 2. The first kappa shape index (κ1) is 40.7. The Morgan fingerprint density at radius 2 is 1.54 bits per heavy atom. The highest BCUT2D eigenvalue weighted by Crippen LogP contribution is 2.31. The number of primary amides is 1. The first-order valence-corrected chi connectivity index (χ1v) is 17.1. The van der Waals surface area contributed by atoms with Gasteiger partial charge >= 0.3 is 12.4 Å². The SMILES string of the molecule is CC(C)CN(Cc1ccc(C(F)(F)F)cc1)c1ncnc(NC[C@H]2CCN(C(C(N)=O)C(NCc3ccc(C(F)(F)F)cc3)C(C)C)C[C@@H]2O)c1F. The molecule has 5 N–H and O–H groups in total. The van der Waals surface area contributed by atoms with Crippen LogP contribution >= 0.6 is 0 Å². The van der Waals surface area contributed by atoms with E-state index in [0.29, 0.717) is 30.6 Å². The maximum atomic E-state index is 15.9. The number of β-amino-alcohol motifs (C(OH)–C–C–N with tert-alkyl or cyclic N) is 1. The van der Waals surface area contributed by atoms with Crippen molar-refractivity contribution < 1.29 is 40.6 Å². The number of alkyl halides is 6. The Morgan fingerprint density at radius 1 is 0.962 bits per heavy atom. The van der Waals surface area contributed by atoms with E-state index in [0.717, 1.165) is 24.3 Å². The number of aliphatic hydroxyl groups is 1. The molecule has 1 aliphatic heterocycles. The van der Waals surface area contributed by atoms with Gasteiger partial charge in [0.15, 0.2) is 11.6 Å². The lowest BCUT2D eigenvalue weighted by Crippen LogP contribution is -2.62. The zero-order chi connectivity index (χ0) is 38.4. The molecule has 3 aromatic rings. The molecule has 1 aliphatic rings. The molecule has 0 spiro atoms. The average Bonchev–Trinajstić information content (AvgIpc) is 3.05. The molecule has 52 heavy (non-hydrogen) atoms. The van der Waals surface area contributed by atoms with Crippen molar-refractivity contribution in [1.29, 1.82) is 0 Å². The summed E-state index contributed by atoms with van der Waals surface area (Å²) in [4.78, 5) is 24.4. The van der Waals surface area contributed by atoms with E-state index in [1.807, 2.05) is 27.7 Å². The molecule has 1 amide bonds. The molecule has 9 nitrogen and oxygen atoms in total. The Labute approximate surface area is 298 Å². The molecule has 286 valence electrons. The molecular formula is C36H46F7N7O2. The summed E-state index contributed by atoms with van der Waals surface area (Å²) >= 11 is 0. The van der Waals surface area contributed by atoms with Crippen LogP contribution in [-0.2, 0) is 30.2 Å². The van der Waals surface area contributed by atoms with Crippen LogP contribution in [-0.4, -0.2) is 70.2 Å². The topological polar surface area (TPSA) is 120 Å². The number of carbonyl (C=O) groups is 1. The number of amides is 1. The number of carbonyl (C=O) groups excluding carboxylic acids is 1. The zero-order valence-corrected chi connectivity index (χ0v) is 29.5. The average molecular weight is 742 g/mol. The Balaban J connectivity index is 1.40. The van der Waals surface area contributed by atoms with Crippen molar-refractivity contribution in [1.82, 2.24) is 20.2 Å². The predicted octanol–water partition coefficient (Wildman–Crippen LogP) is 6.08. The molecule has 4 atom stereocenters. The van der Waals surface area contributed by atoms with E-state index in [1.54, 1.807) is 9.80 Å². The number of likely N-dealkylation sites (tertiary alicyclic amines) is 1. The van der Waals surface area contributed by atoms with E-state index in [1.165, 1.54) is 30.6 Å². The molecule has 4 rings (SSSR count). The van der Waals surface area contributed by atoms with Crippen molar-refractivity contribution in [3.8, 4) is 0 Å². The Morgan fingerprint density at radius 3 is 2.04 bits per heavy atom. The number of benzene rings is 2. The number of nitrogens with two attached hydrogens (primary N) is 1. The standard InChI is InChI=1S/C36H46F7N7O2/c1-21(2)17-50(18-24-7-11-27(12-8-24)36(41,42)43)34-29(37)33(47-20-48-34)46-16-25-13-14-49(19-28(25)51)31(32(44)52)30(22(3)4)45-15-23-5-9-26(10-6-23)35(38,39)40/h5-12,20-22,25,28,30-31,45,51H,13-19H2,1-4H3,(H2,44,52)(H,46,47,48)/t25-,28+,30?,31?/m1/s1. The van der Waals surface area contributed by atoms with Gasteiger partial charge in [0.2, 0.25) is 11.7 Å². The van der Waals surface area contributed by atoms with Crippen molar-refractivity contribution in [3.05, 3.63) is 82.9 Å². The second-order valence-electron chi connectivity index (χ2n) is 14.0. The highest BCUT2D eigenvalue weighted by atomic mass is 19.4. The van der Waals surface area contributed by atoms with Gasteiger partial charge in [0.25, 0.3) is 0 Å². The van der Waals surface area contributed by atoms with Crippen molar-refractivity contribution in [2.24, 2.45) is 23.5 Å². The van der Waals surface area contributed by atoms with E-state index in [4.69, 9.17) is 5.73 Å². The number of aliphatic hydroxyl groups excluding tert-OH is 1. The normalized spacial score (nSPS) is 18.4. The third-order valence-electron chi connectivity index (χ3n) is 9.16. The van der Waals surface area contributed by atoms with Crippen LogP contribution in [0, 0.1) is 23.6 Å². The Kier molecular flexibility index (Phi) is 13.5. The summed E-state index contributed by atoms with van der Waals surface area (Å²) in [6, 6.07) is 8.12.